The predicted molar refractivity (Wildman–Crippen MR) is 67.2 cm³/mol. The minimum Gasteiger partial charge on any atom is -0.484 e. The third-order valence-electron chi connectivity index (χ3n) is 2.80. The number of ether oxygens (including phenoxy) is 1. The molecule has 1 saturated carbocycles. The van der Waals surface area contributed by atoms with Gasteiger partial charge in [-0.1, -0.05) is 0 Å². The summed E-state index contributed by atoms with van der Waals surface area (Å²) in [5, 5.41) is 5.89. The average Bonchev–Trinajstić information content (AvgIpc) is 3.18. The zero-order valence-electron chi connectivity index (χ0n) is 10.0. The molecule has 17 heavy (non-hydrogen) atoms. The Kier molecular flexibility index (Phi) is 3.85. The number of carbonyl (C=O) groups is 1. The van der Waals surface area contributed by atoms with E-state index < -0.39 is 0 Å². The Morgan fingerprint density at radius 3 is 2.65 bits per heavy atom. The van der Waals surface area contributed by atoms with Gasteiger partial charge in [-0.05, 0) is 43.0 Å². The van der Waals surface area contributed by atoms with E-state index in [9.17, 15) is 4.79 Å². The molecule has 0 atom stereocenters. The van der Waals surface area contributed by atoms with E-state index in [1.54, 1.807) is 0 Å². The van der Waals surface area contributed by atoms with Gasteiger partial charge in [0.1, 0.15) is 5.75 Å². The molecule has 4 nitrogen and oxygen atoms in total. The SMILES string of the molecule is CNc1ccc(OCC(=O)NCC2CC2)cc1. The summed E-state index contributed by atoms with van der Waals surface area (Å²) in [6.45, 7) is 0.881. The van der Waals surface area contributed by atoms with Crippen LogP contribution in [0.3, 0.4) is 0 Å². The van der Waals surface area contributed by atoms with Gasteiger partial charge in [0.05, 0.1) is 0 Å². The molecule has 0 unspecified atom stereocenters. The highest BCUT2D eigenvalue weighted by Crippen LogP contribution is 2.27. The Balaban J connectivity index is 1.70. The van der Waals surface area contributed by atoms with Crippen molar-refractivity contribution in [3.63, 3.8) is 0 Å². The van der Waals surface area contributed by atoms with E-state index in [4.69, 9.17) is 4.74 Å². The Bertz CT molecular complexity index is 372. The first-order chi connectivity index (χ1) is 8.28. The summed E-state index contributed by atoms with van der Waals surface area (Å²) in [7, 11) is 1.86. The van der Waals surface area contributed by atoms with Crippen LogP contribution >= 0.6 is 0 Å². The van der Waals surface area contributed by atoms with Gasteiger partial charge in [-0.2, -0.15) is 0 Å². The molecule has 1 aliphatic rings. The van der Waals surface area contributed by atoms with Gasteiger partial charge in [0.25, 0.3) is 5.91 Å². The number of hydrogen-bond donors (Lipinski definition) is 2. The molecule has 0 aliphatic heterocycles. The number of rotatable bonds is 6. The summed E-state index contributed by atoms with van der Waals surface area (Å²) in [6, 6.07) is 7.52. The largest absolute Gasteiger partial charge is 0.484 e. The smallest absolute Gasteiger partial charge is 0.257 e. The highest BCUT2D eigenvalue weighted by Gasteiger charge is 2.21. The Labute approximate surface area is 101 Å². The Hall–Kier alpha value is -1.71. The molecule has 1 amide bonds. The lowest BCUT2D eigenvalue weighted by atomic mass is 10.3. The summed E-state index contributed by atoms with van der Waals surface area (Å²) in [4.78, 5) is 11.4. The van der Waals surface area contributed by atoms with E-state index in [2.05, 4.69) is 10.6 Å². The molecular weight excluding hydrogens is 216 g/mol. The fourth-order valence-electron chi connectivity index (χ4n) is 1.50. The molecule has 1 aliphatic carbocycles. The van der Waals surface area contributed by atoms with Gasteiger partial charge in [0.2, 0.25) is 0 Å². The van der Waals surface area contributed by atoms with Crippen molar-refractivity contribution in [2.24, 2.45) is 5.92 Å². The van der Waals surface area contributed by atoms with Gasteiger partial charge in [0, 0.05) is 19.3 Å². The van der Waals surface area contributed by atoms with Crippen molar-refractivity contribution < 1.29 is 9.53 Å². The van der Waals surface area contributed by atoms with Crippen LogP contribution in [0.2, 0.25) is 0 Å². The quantitative estimate of drug-likeness (QED) is 0.786. The van der Waals surface area contributed by atoms with Crippen LogP contribution in [0.1, 0.15) is 12.8 Å². The molecular formula is C13H18N2O2. The van der Waals surface area contributed by atoms with Gasteiger partial charge in [0.15, 0.2) is 6.61 Å². The normalized spacial score (nSPS) is 14.2. The number of carbonyl (C=O) groups excluding carboxylic acids is 1. The second-order valence-corrected chi connectivity index (χ2v) is 4.31. The van der Waals surface area contributed by atoms with Crippen molar-refractivity contribution >= 4 is 11.6 Å². The lowest BCUT2D eigenvalue weighted by molar-refractivity contribution is -0.123. The maximum Gasteiger partial charge on any atom is 0.257 e. The first-order valence-corrected chi connectivity index (χ1v) is 5.95. The molecule has 0 aromatic heterocycles. The van der Waals surface area contributed by atoms with Crippen molar-refractivity contribution in [2.45, 2.75) is 12.8 Å². The van der Waals surface area contributed by atoms with Crippen LogP contribution in [0.4, 0.5) is 5.69 Å². The molecule has 2 rings (SSSR count). The summed E-state index contributed by atoms with van der Waals surface area (Å²) in [6.07, 6.45) is 2.49. The fourth-order valence-corrected chi connectivity index (χ4v) is 1.50. The van der Waals surface area contributed by atoms with E-state index in [0.29, 0.717) is 11.7 Å². The molecule has 0 bridgehead atoms. The summed E-state index contributed by atoms with van der Waals surface area (Å²) < 4.78 is 5.38. The van der Waals surface area contributed by atoms with Crippen molar-refractivity contribution in [1.29, 1.82) is 0 Å². The number of benzene rings is 1. The van der Waals surface area contributed by atoms with E-state index in [1.165, 1.54) is 12.8 Å². The highest BCUT2D eigenvalue weighted by atomic mass is 16.5. The van der Waals surface area contributed by atoms with Gasteiger partial charge in [-0.25, -0.2) is 0 Å². The topological polar surface area (TPSA) is 50.4 Å². The molecule has 1 fully saturated rings. The van der Waals surface area contributed by atoms with E-state index in [-0.39, 0.29) is 12.5 Å². The van der Waals surface area contributed by atoms with Crippen LogP contribution in [0.25, 0.3) is 0 Å². The van der Waals surface area contributed by atoms with Crippen molar-refractivity contribution in [2.75, 3.05) is 25.5 Å². The number of anilines is 1. The van der Waals surface area contributed by atoms with Gasteiger partial charge < -0.3 is 15.4 Å². The van der Waals surface area contributed by atoms with E-state index >= 15 is 0 Å². The first kappa shape index (κ1) is 11.8. The fraction of sp³-hybridized carbons (Fsp3) is 0.462. The van der Waals surface area contributed by atoms with Crippen LogP contribution in [-0.2, 0) is 4.79 Å². The zero-order valence-corrected chi connectivity index (χ0v) is 10.0. The minimum atomic E-state index is -0.0467. The predicted octanol–water partition coefficient (Wildman–Crippen LogP) is 1.63. The molecule has 0 saturated heterocycles. The maximum atomic E-state index is 11.4. The average molecular weight is 234 g/mol. The summed E-state index contributed by atoms with van der Waals surface area (Å²) >= 11 is 0. The minimum absolute atomic E-state index is 0.0467. The third kappa shape index (κ3) is 3.98. The number of amides is 1. The van der Waals surface area contributed by atoms with Crippen molar-refractivity contribution in [3.8, 4) is 5.75 Å². The zero-order chi connectivity index (χ0) is 12.1. The van der Waals surface area contributed by atoms with Gasteiger partial charge in [-0.15, -0.1) is 0 Å². The molecule has 0 radical (unpaired) electrons. The van der Waals surface area contributed by atoms with Crippen molar-refractivity contribution in [3.05, 3.63) is 24.3 Å². The number of nitrogens with one attached hydrogen (secondary N) is 2. The molecule has 92 valence electrons. The van der Waals surface area contributed by atoms with Crippen LogP contribution in [0, 0.1) is 5.92 Å². The molecule has 0 spiro atoms. The molecule has 1 aromatic carbocycles. The monoisotopic (exact) mass is 234 g/mol. The van der Waals surface area contributed by atoms with Crippen LogP contribution in [0.15, 0.2) is 24.3 Å². The standard InChI is InChI=1S/C13H18N2O2/c1-14-11-4-6-12(7-5-11)17-9-13(16)15-8-10-2-3-10/h4-7,10,14H,2-3,8-9H2,1H3,(H,15,16). The summed E-state index contributed by atoms with van der Waals surface area (Å²) in [5.74, 6) is 1.37. The molecule has 4 heteroatoms. The Morgan fingerprint density at radius 1 is 1.35 bits per heavy atom. The van der Waals surface area contributed by atoms with Crippen LogP contribution in [0.5, 0.6) is 5.75 Å². The van der Waals surface area contributed by atoms with Gasteiger partial charge >= 0.3 is 0 Å². The van der Waals surface area contributed by atoms with Gasteiger partial charge in [-0.3, -0.25) is 4.79 Å². The molecule has 1 aromatic rings. The highest BCUT2D eigenvalue weighted by molar-refractivity contribution is 5.77. The summed E-state index contributed by atoms with van der Waals surface area (Å²) in [5.41, 5.74) is 1.02. The first-order valence-electron chi connectivity index (χ1n) is 5.95. The Morgan fingerprint density at radius 2 is 2.06 bits per heavy atom. The number of hydrogen-bond acceptors (Lipinski definition) is 3. The maximum absolute atomic E-state index is 11.4. The van der Waals surface area contributed by atoms with E-state index in [1.807, 2.05) is 31.3 Å². The van der Waals surface area contributed by atoms with Crippen LogP contribution in [-0.4, -0.2) is 26.1 Å². The molecule has 2 N–H and O–H groups in total. The lowest BCUT2D eigenvalue weighted by Gasteiger charge is -2.07. The second kappa shape index (κ2) is 5.57. The third-order valence-corrected chi connectivity index (χ3v) is 2.80. The van der Waals surface area contributed by atoms with Crippen LogP contribution < -0.4 is 15.4 Å². The molecule has 0 heterocycles. The second-order valence-electron chi connectivity index (χ2n) is 4.31. The lowest BCUT2D eigenvalue weighted by Crippen LogP contribution is -2.30. The van der Waals surface area contributed by atoms with E-state index in [0.717, 1.165) is 12.2 Å². The van der Waals surface area contributed by atoms with Crippen molar-refractivity contribution in [1.82, 2.24) is 5.32 Å².